The fourth-order valence-corrected chi connectivity index (χ4v) is 1.69. The van der Waals surface area contributed by atoms with E-state index in [1.807, 2.05) is 50.9 Å². The number of aliphatic hydroxyl groups is 1. The van der Waals surface area contributed by atoms with Gasteiger partial charge < -0.3 is 14.4 Å². The first-order valence-corrected chi connectivity index (χ1v) is 5.66. The number of aromatic nitrogens is 1. The molecule has 1 N–H and O–H groups in total. The number of hydrogen-bond donors (Lipinski definition) is 1. The van der Waals surface area contributed by atoms with Gasteiger partial charge in [-0.05, 0) is 26.0 Å². The molecule has 4 heteroatoms. The summed E-state index contributed by atoms with van der Waals surface area (Å²) >= 11 is 0. The zero-order valence-corrected chi connectivity index (χ0v) is 10.7. The smallest absolute Gasteiger partial charge is 0.192 e. The van der Waals surface area contributed by atoms with Gasteiger partial charge in [0.1, 0.15) is 5.52 Å². The standard InChI is InChI=1S/C13H18N2O2/c1-9-14-11-6-5-10(7-12(11)17-9)15(4)13(2,3)8-16/h5-7,16H,8H2,1-4H3. The molecule has 4 nitrogen and oxygen atoms in total. The van der Waals surface area contributed by atoms with E-state index >= 15 is 0 Å². The maximum atomic E-state index is 9.37. The fraction of sp³-hybridized carbons (Fsp3) is 0.462. The number of nitrogens with zero attached hydrogens (tertiary/aromatic N) is 2. The van der Waals surface area contributed by atoms with Crippen LogP contribution in [-0.4, -0.2) is 29.3 Å². The van der Waals surface area contributed by atoms with Gasteiger partial charge in [-0.2, -0.15) is 0 Å². The van der Waals surface area contributed by atoms with Crippen LogP contribution in [-0.2, 0) is 0 Å². The van der Waals surface area contributed by atoms with Crippen molar-refractivity contribution in [3.05, 3.63) is 24.1 Å². The molecule has 0 aliphatic rings. The summed E-state index contributed by atoms with van der Waals surface area (Å²) < 4.78 is 5.50. The summed E-state index contributed by atoms with van der Waals surface area (Å²) in [6.07, 6.45) is 0. The Kier molecular flexibility index (Phi) is 2.83. The van der Waals surface area contributed by atoms with Gasteiger partial charge in [-0.25, -0.2) is 4.98 Å². The van der Waals surface area contributed by atoms with Crippen LogP contribution in [0.2, 0.25) is 0 Å². The molecule has 0 bridgehead atoms. The Bertz CT molecular complexity index is 531. The minimum atomic E-state index is -0.303. The van der Waals surface area contributed by atoms with Crippen molar-refractivity contribution < 1.29 is 9.52 Å². The first kappa shape index (κ1) is 11.9. The average Bonchev–Trinajstić information content (AvgIpc) is 2.66. The molecule has 0 saturated heterocycles. The molecule has 0 aliphatic heterocycles. The minimum Gasteiger partial charge on any atom is -0.441 e. The van der Waals surface area contributed by atoms with Crippen molar-refractivity contribution >= 4 is 16.8 Å². The van der Waals surface area contributed by atoms with Crippen molar-refractivity contribution in [2.75, 3.05) is 18.6 Å². The van der Waals surface area contributed by atoms with Crippen molar-refractivity contribution in [3.8, 4) is 0 Å². The van der Waals surface area contributed by atoms with Gasteiger partial charge in [-0.15, -0.1) is 0 Å². The van der Waals surface area contributed by atoms with E-state index in [2.05, 4.69) is 4.98 Å². The molecule has 0 aliphatic carbocycles. The van der Waals surface area contributed by atoms with Gasteiger partial charge in [0.15, 0.2) is 11.5 Å². The number of anilines is 1. The first-order chi connectivity index (χ1) is 7.94. The molecule has 1 aromatic carbocycles. The highest BCUT2D eigenvalue weighted by Gasteiger charge is 2.23. The van der Waals surface area contributed by atoms with Crippen LogP contribution in [0.3, 0.4) is 0 Å². The quantitative estimate of drug-likeness (QED) is 0.885. The highest BCUT2D eigenvalue weighted by molar-refractivity contribution is 5.77. The summed E-state index contributed by atoms with van der Waals surface area (Å²) in [7, 11) is 1.96. The summed E-state index contributed by atoms with van der Waals surface area (Å²) in [5, 5.41) is 9.37. The Morgan fingerprint density at radius 1 is 1.41 bits per heavy atom. The molecule has 0 fully saturated rings. The molecule has 0 atom stereocenters. The van der Waals surface area contributed by atoms with Crippen molar-refractivity contribution in [1.29, 1.82) is 0 Å². The van der Waals surface area contributed by atoms with Gasteiger partial charge in [0, 0.05) is 25.7 Å². The van der Waals surface area contributed by atoms with Crippen LogP contribution in [0.4, 0.5) is 5.69 Å². The van der Waals surface area contributed by atoms with Crippen LogP contribution in [0.25, 0.3) is 11.1 Å². The van der Waals surface area contributed by atoms with Gasteiger partial charge in [0.25, 0.3) is 0 Å². The number of oxazole rings is 1. The largest absolute Gasteiger partial charge is 0.441 e. The van der Waals surface area contributed by atoms with E-state index in [9.17, 15) is 5.11 Å². The molecule has 1 aromatic heterocycles. The van der Waals surface area contributed by atoms with Gasteiger partial charge in [0.05, 0.1) is 12.1 Å². The Morgan fingerprint density at radius 2 is 2.12 bits per heavy atom. The van der Waals surface area contributed by atoms with Crippen molar-refractivity contribution in [2.24, 2.45) is 0 Å². The van der Waals surface area contributed by atoms with Crippen LogP contribution in [0, 0.1) is 6.92 Å². The summed E-state index contributed by atoms with van der Waals surface area (Å²) in [5.41, 5.74) is 2.35. The lowest BCUT2D eigenvalue weighted by Crippen LogP contribution is -2.44. The number of likely N-dealkylation sites (N-methyl/N-ethyl adjacent to an activating group) is 1. The van der Waals surface area contributed by atoms with E-state index in [0.717, 1.165) is 16.8 Å². The maximum Gasteiger partial charge on any atom is 0.192 e. The average molecular weight is 234 g/mol. The molecule has 0 amide bonds. The van der Waals surface area contributed by atoms with Crippen molar-refractivity contribution in [2.45, 2.75) is 26.3 Å². The number of rotatable bonds is 3. The molecule has 2 aromatic rings. The van der Waals surface area contributed by atoms with Crippen LogP contribution in [0.15, 0.2) is 22.6 Å². The lowest BCUT2D eigenvalue weighted by molar-refractivity contribution is 0.216. The maximum absolute atomic E-state index is 9.37. The summed E-state index contributed by atoms with van der Waals surface area (Å²) in [5.74, 6) is 0.668. The van der Waals surface area contributed by atoms with Gasteiger partial charge in [-0.3, -0.25) is 0 Å². The molecule has 0 unspecified atom stereocenters. The molecule has 92 valence electrons. The minimum absolute atomic E-state index is 0.0942. The van der Waals surface area contributed by atoms with Gasteiger partial charge >= 0.3 is 0 Å². The summed E-state index contributed by atoms with van der Waals surface area (Å²) in [6.45, 7) is 5.91. The van der Waals surface area contributed by atoms with E-state index in [-0.39, 0.29) is 12.1 Å². The lowest BCUT2D eigenvalue weighted by Gasteiger charge is -2.35. The van der Waals surface area contributed by atoms with Crippen LogP contribution >= 0.6 is 0 Å². The SMILES string of the molecule is Cc1nc2ccc(N(C)C(C)(C)CO)cc2o1. The first-order valence-electron chi connectivity index (χ1n) is 5.66. The highest BCUT2D eigenvalue weighted by atomic mass is 16.3. The monoisotopic (exact) mass is 234 g/mol. The second-order valence-electron chi connectivity index (χ2n) is 4.91. The highest BCUT2D eigenvalue weighted by Crippen LogP contribution is 2.26. The molecule has 0 saturated carbocycles. The van der Waals surface area contributed by atoms with Crippen LogP contribution < -0.4 is 4.90 Å². The van der Waals surface area contributed by atoms with E-state index in [4.69, 9.17) is 4.42 Å². The van der Waals surface area contributed by atoms with Gasteiger partial charge in [-0.1, -0.05) is 0 Å². The molecule has 17 heavy (non-hydrogen) atoms. The predicted octanol–water partition coefficient (Wildman–Crippen LogP) is 2.34. The van der Waals surface area contributed by atoms with E-state index in [1.165, 1.54) is 0 Å². The zero-order valence-electron chi connectivity index (χ0n) is 10.7. The molecular weight excluding hydrogens is 216 g/mol. The van der Waals surface area contributed by atoms with Crippen molar-refractivity contribution in [1.82, 2.24) is 4.98 Å². The van der Waals surface area contributed by atoms with E-state index in [0.29, 0.717) is 5.89 Å². The number of benzene rings is 1. The molecule has 1 heterocycles. The van der Waals surface area contributed by atoms with Crippen LogP contribution in [0.1, 0.15) is 19.7 Å². The Hall–Kier alpha value is -1.55. The topological polar surface area (TPSA) is 49.5 Å². The Morgan fingerprint density at radius 3 is 2.76 bits per heavy atom. The van der Waals surface area contributed by atoms with Crippen LogP contribution in [0.5, 0.6) is 0 Å². The Balaban J connectivity index is 2.42. The second kappa shape index (κ2) is 4.04. The summed E-state index contributed by atoms with van der Waals surface area (Å²) in [6, 6.07) is 5.87. The molecular formula is C13H18N2O2. The number of aliphatic hydroxyl groups excluding tert-OH is 1. The normalized spacial score (nSPS) is 12.1. The van der Waals surface area contributed by atoms with Crippen molar-refractivity contribution in [3.63, 3.8) is 0 Å². The van der Waals surface area contributed by atoms with E-state index < -0.39 is 0 Å². The lowest BCUT2D eigenvalue weighted by atomic mass is 10.0. The number of hydrogen-bond acceptors (Lipinski definition) is 4. The van der Waals surface area contributed by atoms with E-state index in [1.54, 1.807) is 0 Å². The predicted molar refractivity (Wildman–Crippen MR) is 68.3 cm³/mol. The second-order valence-corrected chi connectivity index (χ2v) is 4.91. The molecule has 2 rings (SSSR count). The third-order valence-corrected chi connectivity index (χ3v) is 3.16. The Labute approximate surface area is 101 Å². The third-order valence-electron chi connectivity index (χ3n) is 3.16. The third kappa shape index (κ3) is 2.13. The molecule has 0 radical (unpaired) electrons. The molecule has 0 spiro atoms. The number of aryl methyl sites for hydroxylation is 1. The zero-order chi connectivity index (χ0) is 12.6. The number of fused-ring (bicyclic) bond motifs is 1. The van der Waals surface area contributed by atoms with Gasteiger partial charge in [0.2, 0.25) is 0 Å². The fourth-order valence-electron chi connectivity index (χ4n) is 1.69. The summed E-state index contributed by atoms with van der Waals surface area (Å²) in [4.78, 5) is 6.29.